The molecule has 93 valence electrons. The van der Waals surface area contributed by atoms with E-state index in [-0.39, 0.29) is 5.78 Å². The predicted octanol–water partition coefficient (Wildman–Crippen LogP) is 3.69. The molecule has 0 fully saturated rings. The average molecular weight is 248 g/mol. The Morgan fingerprint density at radius 2 is 1.95 bits per heavy atom. The molecule has 0 amide bonds. The Kier molecular flexibility index (Phi) is 2.92. The standard InChI is InChI=1S/C17H14NO/c1-13(19)16-12-18(11-14-7-3-2-4-8-14)17-10-6-5-9-15(16)17/h2-9,12H,11H2,1H3. The highest BCUT2D eigenvalue weighted by molar-refractivity contribution is 6.06. The van der Waals surface area contributed by atoms with Crippen LogP contribution in [0.15, 0.2) is 54.7 Å². The number of carbonyl (C=O) groups excluding carboxylic acids is 1. The Morgan fingerprint density at radius 1 is 1.16 bits per heavy atom. The van der Waals surface area contributed by atoms with E-state index in [9.17, 15) is 4.79 Å². The van der Waals surface area contributed by atoms with E-state index in [1.54, 1.807) is 6.92 Å². The molecule has 19 heavy (non-hydrogen) atoms. The first-order chi connectivity index (χ1) is 9.25. The van der Waals surface area contributed by atoms with Gasteiger partial charge in [-0.2, -0.15) is 0 Å². The smallest absolute Gasteiger partial charge is 0.161 e. The molecule has 0 saturated carbocycles. The van der Waals surface area contributed by atoms with Gasteiger partial charge < -0.3 is 4.57 Å². The van der Waals surface area contributed by atoms with E-state index in [4.69, 9.17) is 0 Å². The van der Waals surface area contributed by atoms with Crippen LogP contribution in [0.4, 0.5) is 0 Å². The molecule has 1 heterocycles. The summed E-state index contributed by atoms with van der Waals surface area (Å²) in [4.78, 5) is 11.7. The zero-order chi connectivity index (χ0) is 13.2. The SMILES string of the molecule is CC(=O)c1cn(Cc2ccccc2)c2[c]cccc12. The first-order valence-electron chi connectivity index (χ1n) is 6.30. The van der Waals surface area contributed by atoms with Gasteiger partial charge in [-0.15, -0.1) is 0 Å². The second-order valence-corrected chi connectivity index (χ2v) is 4.64. The van der Waals surface area contributed by atoms with Crippen LogP contribution in [-0.4, -0.2) is 10.4 Å². The number of benzene rings is 2. The van der Waals surface area contributed by atoms with E-state index in [1.807, 2.05) is 42.6 Å². The van der Waals surface area contributed by atoms with E-state index in [2.05, 4.69) is 22.8 Å². The summed E-state index contributed by atoms with van der Waals surface area (Å²) in [6.07, 6.45) is 1.93. The summed E-state index contributed by atoms with van der Waals surface area (Å²) in [7, 11) is 0. The van der Waals surface area contributed by atoms with Crippen molar-refractivity contribution >= 4 is 16.7 Å². The van der Waals surface area contributed by atoms with Crippen molar-refractivity contribution in [1.29, 1.82) is 0 Å². The fraction of sp³-hybridized carbons (Fsp3) is 0.118. The second kappa shape index (κ2) is 4.73. The molecule has 1 aromatic heterocycles. The van der Waals surface area contributed by atoms with E-state index >= 15 is 0 Å². The Morgan fingerprint density at radius 3 is 2.68 bits per heavy atom. The number of hydrogen-bond donors (Lipinski definition) is 0. The molecule has 2 aromatic carbocycles. The maximum atomic E-state index is 11.7. The molecule has 2 heteroatoms. The molecule has 0 aliphatic rings. The molecular formula is C17H14NO. The van der Waals surface area contributed by atoms with Crippen molar-refractivity contribution in [2.75, 3.05) is 0 Å². The number of para-hydroxylation sites is 1. The summed E-state index contributed by atoms with van der Waals surface area (Å²) >= 11 is 0. The Hall–Kier alpha value is -2.35. The topological polar surface area (TPSA) is 22.0 Å². The third kappa shape index (κ3) is 2.17. The Labute approximate surface area is 112 Å². The molecule has 3 aromatic rings. The molecule has 3 rings (SSSR count). The van der Waals surface area contributed by atoms with Crippen LogP contribution in [0.1, 0.15) is 22.8 Å². The minimum atomic E-state index is 0.0939. The van der Waals surface area contributed by atoms with Gasteiger partial charge in [-0.05, 0) is 12.5 Å². The summed E-state index contributed by atoms with van der Waals surface area (Å²) in [5, 5.41) is 0.978. The number of carbonyl (C=O) groups is 1. The molecule has 1 radical (unpaired) electrons. The van der Waals surface area contributed by atoms with E-state index in [0.717, 1.165) is 23.0 Å². The van der Waals surface area contributed by atoms with Crippen molar-refractivity contribution in [3.05, 3.63) is 71.9 Å². The molecule has 0 saturated heterocycles. The number of fused-ring (bicyclic) bond motifs is 1. The lowest BCUT2D eigenvalue weighted by Gasteiger charge is -2.04. The number of aromatic nitrogens is 1. The molecule has 0 bridgehead atoms. The van der Waals surface area contributed by atoms with Crippen LogP contribution in [0.2, 0.25) is 0 Å². The second-order valence-electron chi connectivity index (χ2n) is 4.64. The van der Waals surface area contributed by atoms with Gasteiger partial charge in [0.2, 0.25) is 0 Å². The van der Waals surface area contributed by atoms with Crippen LogP contribution in [0.3, 0.4) is 0 Å². The summed E-state index contributed by atoms with van der Waals surface area (Å²) in [6, 6.07) is 19.2. The Bertz CT molecular complexity index is 725. The molecule has 0 aliphatic carbocycles. The van der Waals surface area contributed by atoms with Crippen molar-refractivity contribution in [1.82, 2.24) is 4.57 Å². The van der Waals surface area contributed by atoms with Crippen molar-refractivity contribution in [2.45, 2.75) is 13.5 Å². The van der Waals surface area contributed by atoms with E-state index < -0.39 is 0 Å². The quantitative estimate of drug-likeness (QED) is 0.648. The first kappa shape index (κ1) is 11.7. The van der Waals surface area contributed by atoms with Crippen molar-refractivity contribution in [2.24, 2.45) is 0 Å². The highest BCUT2D eigenvalue weighted by atomic mass is 16.1. The third-order valence-corrected chi connectivity index (χ3v) is 3.27. The Balaban J connectivity index is 2.11. The molecule has 0 N–H and O–H groups in total. The number of ketones is 1. The lowest BCUT2D eigenvalue weighted by Crippen LogP contribution is -1.97. The lowest BCUT2D eigenvalue weighted by molar-refractivity contribution is 0.101. The maximum absolute atomic E-state index is 11.7. The molecule has 0 spiro atoms. The maximum Gasteiger partial charge on any atom is 0.161 e. The minimum absolute atomic E-state index is 0.0939. The monoisotopic (exact) mass is 248 g/mol. The van der Waals surface area contributed by atoms with Crippen LogP contribution in [0.5, 0.6) is 0 Å². The molecule has 0 atom stereocenters. The van der Waals surface area contributed by atoms with Gasteiger partial charge in [0.25, 0.3) is 0 Å². The largest absolute Gasteiger partial charge is 0.342 e. The van der Waals surface area contributed by atoms with Gasteiger partial charge in [0.05, 0.1) is 5.52 Å². The summed E-state index contributed by atoms with van der Waals surface area (Å²) in [5.41, 5.74) is 2.96. The average Bonchev–Trinajstić information content (AvgIpc) is 2.79. The first-order valence-corrected chi connectivity index (χ1v) is 6.30. The number of hydrogen-bond acceptors (Lipinski definition) is 1. The molecule has 0 unspecified atom stereocenters. The van der Waals surface area contributed by atoms with Gasteiger partial charge in [0.1, 0.15) is 0 Å². The number of rotatable bonds is 3. The van der Waals surface area contributed by atoms with E-state index in [1.165, 1.54) is 5.56 Å². The van der Waals surface area contributed by atoms with Crippen LogP contribution in [0.25, 0.3) is 10.9 Å². The highest BCUT2D eigenvalue weighted by Crippen LogP contribution is 2.22. The van der Waals surface area contributed by atoms with Gasteiger partial charge >= 0.3 is 0 Å². The van der Waals surface area contributed by atoms with Crippen molar-refractivity contribution < 1.29 is 4.79 Å². The minimum Gasteiger partial charge on any atom is -0.342 e. The summed E-state index contributed by atoms with van der Waals surface area (Å²) in [6.45, 7) is 2.36. The van der Waals surface area contributed by atoms with Gasteiger partial charge in [-0.1, -0.05) is 48.5 Å². The summed E-state index contributed by atoms with van der Waals surface area (Å²) in [5.74, 6) is 0.0939. The van der Waals surface area contributed by atoms with Gasteiger partial charge in [-0.25, -0.2) is 0 Å². The number of Topliss-reactive ketones (excluding diaryl/α,β-unsaturated/α-hetero) is 1. The number of nitrogens with zero attached hydrogens (tertiary/aromatic N) is 1. The fourth-order valence-corrected chi connectivity index (χ4v) is 2.36. The summed E-state index contributed by atoms with van der Waals surface area (Å²) < 4.78 is 2.08. The van der Waals surface area contributed by atoms with Crippen molar-refractivity contribution in [3.8, 4) is 0 Å². The molecule has 0 aliphatic heterocycles. The van der Waals surface area contributed by atoms with Crippen LogP contribution in [-0.2, 0) is 6.54 Å². The highest BCUT2D eigenvalue weighted by Gasteiger charge is 2.11. The normalized spacial score (nSPS) is 10.8. The molecular weight excluding hydrogens is 234 g/mol. The van der Waals surface area contributed by atoms with Gasteiger partial charge in [-0.3, -0.25) is 4.79 Å². The van der Waals surface area contributed by atoms with E-state index in [0.29, 0.717) is 0 Å². The van der Waals surface area contributed by atoms with Crippen molar-refractivity contribution in [3.63, 3.8) is 0 Å². The lowest BCUT2D eigenvalue weighted by atomic mass is 10.1. The molecule has 2 nitrogen and oxygen atoms in total. The zero-order valence-electron chi connectivity index (χ0n) is 10.8. The van der Waals surface area contributed by atoms with Gasteiger partial charge in [0.15, 0.2) is 5.78 Å². The predicted molar refractivity (Wildman–Crippen MR) is 76.3 cm³/mol. The van der Waals surface area contributed by atoms with Crippen LogP contribution < -0.4 is 0 Å². The van der Waals surface area contributed by atoms with Gasteiger partial charge in [0, 0.05) is 29.8 Å². The van der Waals surface area contributed by atoms with Crippen LogP contribution >= 0.6 is 0 Å². The fourth-order valence-electron chi connectivity index (χ4n) is 2.36. The third-order valence-electron chi connectivity index (χ3n) is 3.27. The van der Waals surface area contributed by atoms with Crippen LogP contribution in [0, 0.1) is 6.07 Å². The zero-order valence-corrected chi connectivity index (χ0v) is 10.8.